The summed E-state index contributed by atoms with van der Waals surface area (Å²) in [5.41, 5.74) is 5.37. The van der Waals surface area contributed by atoms with Crippen molar-refractivity contribution in [1.82, 2.24) is 20.0 Å². The molecule has 0 spiro atoms. The van der Waals surface area contributed by atoms with Crippen LogP contribution in [-0.2, 0) is 17.9 Å². The maximum Gasteiger partial charge on any atom is 0.251 e. The highest BCUT2D eigenvalue weighted by atomic mass is 16.2. The van der Waals surface area contributed by atoms with Crippen LogP contribution in [0.2, 0.25) is 0 Å². The monoisotopic (exact) mass is 450 g/mol. The zero-order valence-electron chi connectivity index (χ0n) is 18.9. The fourth-order valence-corrected chi connectivity index (χ4v) is 4.22. The van der Waals surface area contributed by atoms with Gasteiger partial charge < -0.3 is 10.2 Å². The van der Waals surface area contributed by atoms with Crippen molar-refractivity contribution in [3.05, 3.63) is 108 Å². The van der Waals surface area contributed by atoms with Crippen LogP contribution in [-0.4, -0.2) is 33.0 Å². The molecule has 0 unspecified atom stereocenters. The van der Waals surface area contributed by atoms with E-state index < -0.39 is 0 Å². The molecule has 5 rings (SSSR count). The summed E-state index contributed by atoms with van der Waals surface area (Å²) in [6, 6.07) is 27.4. The number of hydrogen-bond acceptors (Lipinski definition) is 3. The molecule has 34 heavy (non-hydrogen) atoms. The number of para-hydroxylation sites is 1. The quantitative estimate of drug-likeness (QED) is 0.448. The van der Waals surface area contributed by atoms with Crippen molar-refractivity contribution >= 4 is 11.8 Å². The molecule has 0 aliphatic carbocycles. The van der Waals surface area contributed by atoms with E-state index in [1.807, 2.05) is 101 Å². The van der Waals surface area contributed by atoms with E-state index in [1.54, 1.807) is 0 Å². The Balaban J connectivity index is 1.30. The van der Waals surface area contributed by atoms with E-state index in [1.165, 1.54) is 0 Å². The summed E-state index contributed by atoms with van der Waals surface area (Å²) in [7, 11) is 0. The minimum atomic E-state index is -0.143. The van der Waals surface area contributed by atoms with Gasteiger partial charge in [-0.2, -0.15) is 5.10 Å². The van der Waals surface area contributed by atoms with Crippen LogP contribution < -0.4 is 5.32 Å². The second kappa shape index (κ2) is 9.75. The Labute approximate surface area is 198 Å². The number of rotatable bonds is 7. The van der Waals surface area contributed by atoms with Crippen LogP contribution in [0.15, 0.2) is 91.1 Å². The van der Waals surface area contributed by atoms with E-state index in [9.17, 15) is 9.59 Å². The normalized spacial score (nSPS) is 13.3. The molecule has 1 aromatic heterocycles. The SMILES string of the molecule is O=C(NCc1cn(-c2ccccc2)nc1-c1ccccc1)c1ccc(CN2CCCC2=O)cc1. The van der Waals surface area contributed by atoms with Crippen LogP contribution in [0, 0.1) is 0 Å². The van der Waals surface area contributed by atoms with Gasteiger partial charge in [0, 0.05) is 48.9 Å². The van der Waals surface area contributed by atoms with Crippen molar-refractivity contribution < 1.29 is 9.59 Å². The first kappa shape index (κ1) is 21.6. The summed E-state index contributed by atoms with van der Waals surface area (Å²) >= 11 is 0. The molecule has 0 atom stereocenters. The van der Waals surface area contributed by atoms with Crippen molar-refractivity contribution in [3.8, 4) is 16.9 Å². The Kier molecular flexibility index (Phi) is 6.21. The van der Waals surface area contributed by atoms with Crippen LogP contribution >= 0.6 is 0 Å². The van der Waals surface area contributed by atoms with Gasteiger partial charge in [-0.3, -0.25) is 9.59 Å². The number of likely N-dealkylation sites (tertiary alicyclic amines) is 1. The molecule has 4 aromatic rings. The third-order valence-electron chi connectivity index (χ3n) is 6.06. The van der Waals surface area contributed by atoms with Crippen LogP contribution in [0.5, 0.6) is 0 Å². The van der Waals surface area contributed by atoms with Crippen molar-refractivity contribution in [1.29, 1.82) is 0 Å². The summed E-state index contributed by atoms with van der Waals surface area (Å²) in [5, 5.41) is 7.83. The van der Waals surface area contributed by atoms with E-state index in [-0.39, 0.29) is 11.8 Å². The molecule has 1 aliphatic heterocycles. The van der Waals surface area contributed by atoms with Gasteiger partial charge in [-0.25, -0.2) is 4.68 Å². The van der Waals surface area contributed by atoms with Crippen molar-refractivity contribution in [3.63, 3.8) is 0 Å². The first-order chi connectivity index (χ1) is 16.7. The molecule has 2 amide bonds. The largest absolute Gasteiger partial charge is 0.348 e. The number of amides is 2. The van der Waals surface area contributed by atoms with E-state index in [2.05, 4.69) is 5.32 Å². The Hall–Kier alpha value is -4.19. The lowest BCUT2D eigenvalue weighted by molar-refractivity contribution is -0.128. The van der Waals surface area contributed by atoms with Crippen LogP contribution in [0.1, 0.15) is 34.3 Å². The molecule has 2 heterocycles. The minimum absolute atomic E-state index is 0.143. The molecule has 3 aromatic carbocycles. The minimum Gasteiger partial charge on any atom is -0.348 e. The second-order valence-corrected chi connectivity index (χ2v) is 8.45. The molecule has 1 saturated heterocycles. The third kappa shape index (κ3) is 4.76. The zero-order chi connectivity index (χ0) is 23.3. The fraction of sp³-hybridized carbons (Fsp3) is 0.179. The number of nitrogens with one attached hydrogen (secondary N) is 1. The Morgan fingerprint density at radius 1 is 0.912 bits per heavy atom. The summed E-state index contributed by atoms with van der Waals surface area (Å²) in [6.07, 6.45) is 3.52. The highest BCUT2D eigenvalue weighted by molar-refractivity contribution is 5.94. The third-order valence-corrected chi connectivity index (χ3v) is 6.06. The highest BCUT2D eigenvalue weighted by Gasteiger charge is 2.20. The lowest BCUT2D eigenvalue weighted by Crippen LogP contribution is -2.24. The number of aromatic nitrogens is 2. The molecule has 0 saturated carbocycles. The average Bonchev–Trinajstić information content (AvgIpc) is 3.50. The molecular formula is C28H26N4O2. The second-order valence-electron chi connectivity index (χ2n) is 8.45. The van der Waals surface area contributed by atoms with E-state index in [4.69, 9.17) is 5.10 Å². The summed E-state index contributed by atoms with van der Waals surface area (Å²) in [4.78, 5) is 26.6. The number of carbonyl (C=O) groups is 2. The van der Waals surface area contributed by atoms with Crippen molar-refractivity contribution in [2.24, 2.45) is 0 Å². The van der Waals surface area contributed by atoms with Gasteiger partial charge in [-0.15, -0.1) is 0 Å². The van der Waals surface area contributed by atoms with Gasteiger partial charge in [-0.1, -0.05) is 60.7 Å². The van der Waals surface area contributed by atoms with Crippen molar-refractivity contribution in [2.75, 3.05) is 6.54 Å². The summed E-state index contributed by atoms with van der Waals surface area (Å²) in [5.74, 6) is 0.0577. The van der Waals surface area contributed by atoms with Gasteiger partial charge in [0.2, 0.25) is 5.91 Å². The van der Waals surface area contributed by atoms with Crippen LogP contribution in [0.25, 0.3) is 16.9 Å². The smallest absolute Gasteiger partial charge is 0.251 e. The van der Waals surface area contributed by atoms with Gasteiger partial charge in [0.05, 0.1) is 11.4 Å². The predicted molar refractivity (Wildman–Crippen MR) is 131 cm³/mol. The number of nitrogens with zero attached hydrogens (tertiary/aromatic N) is 3. The lowest BCUT2D eigenvalue weighted by atomic mass is 10.1. The standard InChI is InChI=1S/C28H26N4O2/c33-26-12-7-17-31(26)19-21-13-15-23(16-14-21)28(34)29-18-24-20-32(25-10-5-2-6-11-25)30-27(24)22-8-3-1-4-9-22/h1-6,8-11,13-16,20H,7,12,17-19H2,(H,29,34). The Morgan fingerprint density at radius 3 is 2.29 bits per heavy atom. The first-order valence-corrected chi connectivity index (χ1v) is 11.5. The summed E-state index contributed by atoms with van der Waals surface area (Å²) < 4.78 is 1.85. The van der Waals surface area contributed by atoms with Crippen LogP contribution in [0.4, 0.5) is 0 Å². The van der Waals surface area contributed by atoms with Gasteiger partial charge in [0.25, 0.3) is 5.91 Å². The van der Waals surface area contributed by atoms with Crippen LogP contribution in [0.3, 0.4) is 0 Å². The maximum atomic E-state index is 12.8. The number of carbonyl (C=O) groups excluding carboxylic acids is 2. The highest BCUT2D eigenvalue weighted by Crippen LogP contribution is 2.24. The number of hydrogen-bond donors (Lipinski definition) is 1. The first-order valence-electron chi connectivity index (χ1n) is 11.5. The van der Waals surface area contributed by atoms with Crippen molar-refractivity contribution in [2.45, 2.75) is 25.9 Å². The average molecular weight is 451 g/mol. The maximum absolute atomic E-state index is 12.8. The Bertz CT molecular complexity index is 1280. The molecule has 1 fully saturated rings. The molecule has 0 radical (unpaired) electrons. The predicted octanol–water partition coefficient (Wildman–Crippen LogP) is 4.59. The molecule has 6 nitrogen and oxygen atoms in total. The fourth-order valence-electron chi connectivity index (χ4n) is 4.22. The van der Waals surface area contributed by atoms with E-state index in [0.717, 1.165) is 41.0 Å². The van der Waals surface area contributed by atoms with Gasteiger partial charge in [-0.05, 0) is 36.2 Å². The zero-order valence-corrected chi connectivity index (χ0v) is 18.9. The molecule has 0 bridgehead atoms. The molecular weight excluding hydrogens is 424 g/mol. The van der Waals surface area contributed by atoms with Gasteiger partial charge in [0.1, 0.15) is 0 Å². The van der Waals surface area contributed by atoms with E-state index in [0.29, 0.717) is 25.1 Å². The molecule has 170 valence electrons. The molecule has 1 aliphatic rings. The topological polar surface area (TPSA) is 67.2 Å². The van der Waals surface area contributed by atoms with Gasteiger partial charge >= 0.3 is 0 Å². The Morgan fingerprint density at radius 2 is 1.62 bits per heavy atom. The molecule has 1 N–H and O–H groups in total. The lowest BCUT2D eigenvalue weighted by Gasteiger charge is -2.15. The van der Waals surface area contributed by atoms with Gasteiger partial charge in [0.15, 0.2) is 0 Å². The summed E-state index contributed by atoms with van der Waals surface area (Å²) in [6.45, 7) is 1.77. The number of benzene rings is 3. The molecule has 6 heteroatoms. The van der Waals surface area contributed by atoms with E-state index >= 15 is 0 Å².